The molecule has 8 heterocycles. The molecule has 0 spiro atoms. The van der Waals surface area contributed by atoms with Gasteiger partial charge in [0.2, 0.25) is 16.6 Å². The highest BCUT2D eigenvalue weighted by Gasteiger charge is 2.63. The number of carbonyl (C=O) groups is 2. The van der Waals surface area contributed by atoms with Gasteiger partial charge in [0.1, 0.15) is 48.8 Å². The standard InChI is InChI=1S/C46H70O12Si.C31H52O8Si.C16H22O4/c1-28(2)59(29(3)4,30(5)6)58-44-41-39(56-45(11,12)57-41)38(33(9)52-44)54-43-40(49-25-36-21-17-14-18-22-36)37(31(7)23-50-43)53-42-32(8)46(27-51-42,55-34(10)47)26-48-24-35-19-15-13-16-20-35;1-18(2)40(19(3)4,20(5)6)39-30-28-27(37-31(9,10)38-28)25(22(8)35-30)36-29-26(24(32)21(7)16-34-29)33-17-23-14-12-11-13-15-23;1-12-13(2)19-11-16(12,20-14(3)17)10-18-9-15-7-5-4-6-8-15/h13-22,28-33,37-44H,23-27H2,1-12H3;11-15,18-22,24-30,32H,16-17H2,1-10H3;4-8,12-13H,9-11H2,1-3H3/t31-,32?,33?,37-,38+,39?,40?,41+,42+,43+,44+,46+;21-,22?,24-,25+,26?,27?,28+,29+,30+;12?,13-,16-/m110/s1. The second-order valence-electron chi connectivity index (χ2n) is 37.1. The Labute approximate surface area is 711 Å². The molecule has 24 nitrogen and oxygen atoms in total. The van der Waals surface area contributed by atoms with Crippen molar-refractivity contribution in [1.82, 2.24) is 0 Å². The third-order valence-electron chi connectivity index (χ3n) is 25.5. The van der Waals surface area contributed by atoms with Gasteiger partial charge < -0.3 is 104 Å². The van der Waals surface area contributed by atoms with Gasteiger partial charge in [-0.25, -0.2) is 0 Å². The van der Waals surface area contributed by atoms with Gasteiger partial charge in [-0.2, -0.15) is 0 Å². The van der Waals surface area contributed by atoms with Crippen molar-refractivity contribution < 1.29 is 114 Å². The highest BCUT2D eigenvalue weighted by Crippen LogP contribution is 2.51. The van der Waals surface area contributed by atoms with Crippen LogP contribution in [0.3, 0.4) is 0 Å². The molecule has 668 valence electrons. The van der Waals surface area contributed by atoms with Crippen molar-refractivity contribution in [2.75, 3.05) is 39.6 Å². The first-order valence-corrected chi connectivity index (χ1v) is 48.0. The largest absolute Gasteiger partial charge is 0.454 e. The van der Waals surface area contributed by atoms with Gasteiger partial charge >= 0.3 is 11.9 Å². The minimum atomic E-state index is -2.36. The van der Waals surface area contributed by atoms with Crippen LogP contribution in [0.25, 0.3) is 0 Å². The molecule has 8 unspecified atom stereocenters. The molecule has 0 aliphatic carbocycles. The quantitative estimate of drug-likeness (QED) is 0.0352. The number of hydrogen-bond donors (Lipinski definition) is 1. The maximum atomic E-state index is 12.5. The van der Waals surface area contributed by atoms with E-state index in [1.165, 1.54) is 13.8 Å². The summed E-state index contributed by atoms with van der Waals surface area (Å²) in [6, 6.07) is 39.7. The molecule has 0 aromatic heterocycles. The van der Waals surface area contributed by atoms with Gasteiger partial charge in [0.15, 0.2) is 54.2 Å². The van der Waals surface area contributed by atoms with Crippen LogP contribution in [0.4, 0.5) is 0 Å². The van der Waals surface area contributed by atoms with Crippen LogP contribution in [0.2, 0.25) is 33.2 Å². The van der Waals surface area contributed by atoms with E-state index in [0.29, 0.717) is 86.1 Å². The van der Waals surface area contributed by atoms with E-state index in [0.717, 1.165) is 22.3 Å². The van der Waals surface area contributed by atoms with Crippen LogP contribution in [-0.4, -0.2) is 207 Å². The third-order valence-corrected chi connectivity index (χ3v) is 37.6. The Balaban J connectivity index is 0.000000212. The Morgan fingerprint density at radius 3 is 1.10 bits per heavy atom. The zero-order valence-corrected chi connectivity index (χ0v) is 77.6. The summed E-state index contributed by atoms with van der Waals surface area (Å²) in [6.45, 7) is 54.9. The summed E-state index contributed by atoms with van der Waals surface area (Å²) in [7, 11) is -4.63. The van der Waals surface area contributed by atoms with Gasteiger partial charge in [-0.3, -0.25) is 9.59 Å². The maximum Gasteiger partial charge on any atom is 0.303 e. The first-order valence-electron chi connectivity index (χ1n) is 43.7. The van der Waals surface area contributed by atoms with Crippen molar-refractivity contribution >= 4 is 28.6 Å². The molecule has 1 N–H and O–H groups in total. The molecule has 0 radical (unpaired) electrons. The number of esters is 2. The molecule has 8 aliphatic rings. The molecular formula is C93H144O24Si2. The third kappa shape index (κ3) is 23.4. The van der Waals surface area contributed by atoms with E-state index in [1.807, 2.05) is 191 Å². The lowest BCUT2D eigenvalue weighted by molar-refractivity contribution is -0.339. The summed E-state index contributed by atoms with van der Waals surface area (Å²) >= 11 is 0. The molecule has 0 bridgehead atoms. The Bertz CT molecular complexity index is 3670. The summed E-state index contributed by atoms with van der Waals surface area (Å²) in [5.41, 5.74) is 4.68. The van der Waals surface area contributed by atoms with Gasteiger partial charge in [0, 0.05) is 31.6 Å². The van der Waals surface area contributed by atoms with E-state index >= 15 is 0 Å². The maximum absolute atomic E-state index is 12.5. The lowest BCUT2D eigenvalue weighted by Gasteiger charge is -2.50. The van der Waals surface area contributed by atoms with Crippen molar-refractivity contribution in [3.63, 3.8) is 0 Å². The SMILES string of the molecule is CC(=O)O[C@@]1(COCc2ccccc2)CO[C@@H](C)C1C.CC(=O)O[C@@]1(COCc2ccccc2)CO[C@@H](O[C@H]2C(OCc3ccccc3)[C@H](O[C@H]3C(C)O[C@@H](O[Si](C(C)C)(C(C)C)C(C)C)[C@H]4OC(C)(C)OC34)OC[C@H]2C)C1C.CC1O[C@@H](O[Si](C(C)C)(C(C)C)C(C)C)[C@H]2OC(C)(C)OC2[C@H]1O[C@@H]1OC[C@@H](C)[C@@H](O)C1OCc1ccccc1. The molecule has 8 saturated heterocycles. The number of ether oxygens (including phenoxy) is 19. The molecular weight excluding hydrogens is 1560 g/mol. The van der Waals surface area contributed by atoms with Crippen LogP contribution in [0.15, 0.2) is 121 Å². The van der Waals surface area contributed by atoms with Gasteiger partial charge in [-0.15, -0.1) is 0 Å². The fourth-order valence-corrected chi connectivity index (χ4v) is 30.0. The minimum absolute atomic E-state index is 0.0645. The number of rotatable bonds is 32. The normalized spacial score (nSPS) is 34.4. The summed E-state index contributed by atoms with van der Waals surface area (Å²) in [5.74, 6) is -2.88. The Morgan fingerprint density at radius 2 is 0.731 bits per heavy atom. The molecule has 0 saturated carbocycles. The molecule has 119 heavy (non-hydrogen) atoms. The molecule has 26 heteroatoms. The molecule has 0 amide bonds. The first kappa shape index (κ1) is 96.7. The molecule has 24 atom stereocenters. The predicted octanol–water partition coefficient (Wildman–Crippen LogP) is 16.6. The molecule has 12 rings (SSSR count). The second-order valence-corrected chi connectivity index (χ2v) is 48.0. The zero-order chi connectivity index (χ0) is 86.7. The van der Waals surface area contributed by atoms with E-state index in [9.17, 15) is 14.7 Å². The Kier molecular flexibility index (Phi) is 34.3. The first-order chi connectivity index (χ1) is 56.3. The average Bonchev–Trinajstić information content (AvgIpc) is 1.59. The minimum Gasteiger partial charge on any atom is -0.454 e. The highest BCUT2D eigenvalue weighted by molar-refractivity contribution is 6.78. The highest BCUT2D eigenvalue weighted by atomic mass is 28.4. The van der Waals surface area contributed by atoms with E-state index in [4.69, 9.17) is 98.9 Å². The van der Waals surface area contributed by atoms with E-state index in [2.05, 4.69) is 90.0 Å². The van der Waals surface area contributed by atoms with Gasteiger partial charge in [-0.05, 0) is 104 Å². The summed E-state index contributed by atoms with van der Waals surface area (Å²) < 4.78 is 135. The zero-order valence-electron chi connectivity index (χ0n) is 75.6. The lowest BCUT2D eigenvalue weighted by Crippen LogP contribution is -2.63. The fraction of sp³-hybridized carbons (Fsp3) is 0.720. The Hall–Kier alpha value is -4.55. The number of carbonyl (C=O) groups excluding carboxylic acids is 2. The van der Waals surface area contributed by atoms with E-state index in [1.54, 1.807) is 0 Å². The van der Waals surface area contributed by atoms with Crippen molar-refractivity contribution in [2.45, 2.75) is 366 Å². The number of benzene rings is 4. The van der Waals surface area contributed by atoms with Gasteiger partial charge in [0.25, 0.3) is 0 Å². The molecule has 8 aliphatic heterocycles. The monoisotopic (exact) mass is 1700 g/mol. The second kappa shape index (κ2) is 42.2. The summed E-state index contributed by atoms with van der Waals surface area (Å²) in [6.07, 6.45) is -9.95. The number of fused-ring (bicyclic) bond motifs is 2. The number of aliphatic hydroxyl groups is 1. The van der Waals surface area contributed by atoms with E-state index < -0.39 is 144 Å². The average molecular weight is 1700 g/mol. The van der Waals surface area contributed by atoms with Crippen LogP contribution in [0.5, 0.6) is 0 Å². The van der Waals surface area contributed by atoms with Crippen molar-refractivity contribution in [3.05, 3.63) is 144 Å². The smallest absolute Gasteiger partial charge is 0.303 e. The van der Waals surface area contributed by atoms with Crippen LogP contribution >= 0.6 is 0 Å². The van der Waals surface area contributed by atoms with Crippen LogP contribution in [0.1, 0.15) is 195 Å². The van der Waals surface area contributed by atoms with E-state index in [-0.39, 0.29) is 55.1 Å². The molecule has 4 aromatic carbocycles. The summed E-state index contributed by atoms with van der Waals surface area (Å²) in [4.78, 5) is 23.9. The van der Waals surface area contributed by atoms with Crippen LogP contribution < -0.4 is 0 Å². The lowest BCUT2D eigenvalue weighted by atomic mass is 9.89. The van der Waals surface area contributed by atoms with Crippen molar-refractivity contribution in [3.8, 4) is 0 Å². The van der Waals surface area contributed by atoms with Crippen molar-refractivity contribution in [2.24, 2.45) is 23.7 Å². The van der Waals surface area contributed by atoms with Gasteiger partial charge in [0.05, 0.1) is 103 Å². The molecule has 8 fully saturated rings. The van der Waals surface area contributed by atoms with Crippen molar-refractivity contribution in [1.29, 1.82) is 0 Å². The number of hydrogen-bond acceptors (Lipinski definition) is 24. The Morgan fingerprint density at radius 1 is 0.395 bits per heavy atom. The van der Waals surface area contributed by atoms with Crippen LogP contribution in [0, 0.1) is 23.7 Å². The predicted molar refractivity (Wildman–Crippen MR) is 454 cm³/mol. The van der Waals surface area contributed by atoms with Gasteiger partial charge in [-0.1, -0.05) is 232 Å². The molecule has 4 aromatic rings. The number of aliphatic hydroxyl groups excluding tert-OH is 1. The topological polar surface area (TPSA) is 248 Å². The fourth-order valence-electron chi connectivity index (χ4n) is 19.2. The summed E-state index contributed by atoms with van der Waals surface area (Å²) in [5, 5.41) is 11.1. The van der Waals surface area contributed by atoms with Crippen LogP contribution in [-0.2, 0) is 135 Å².